The summed E-state index contributed by atoms with van der Waals surface area (Å²) in [6.45, 7) is 3.54. The molecule has 3 N–H and O–H groups in total. The van der Waals surface area contributed by atoms with Crippen molar-refractivity contribution in [3.63, 3.8) is 0 Å². The van der Waals surface area contributed by atoms with Gasteiger partial charge in [-0.05, 0) is 30.9 Å². The zero-order chi connectivity index (χ0) is 26.2. The number of hydrogen-bond donors (Lipinski definition) is 2. The lowest BCUT2D eigenvalue weighted by atomic mass is 10.2. The van der Waals surface area contributed by atoms with Gasteiger partial charge in [-0.15, -0.1) is 11.3 Å². The smallest absolute Gasteiger partial charge is 0.330 e. The maximum atomic E-state index is 13.0. The zero-order valence-corrected chi connectivity index (χ0v) is 21.4. The lowest BCUT2D eigenvalue weighted by molar-refractivity contribution is -0.147. The Labute approximate surface area is 211 Å². The van der Waals surface area contributed by atoms with E-state index in [2.05, 4.69) is 9.97 Å². The number of ether oxygens (including phenoxy) is 2. The number of anilines is 2. The molecular weight excluding hydrogens is 486 g/mol. The highest BCUT2D eigenvalue weighted by Gasteiger charge is 2.25. The van der Waals surface area contributed by atoms with Crippen molar-refractivity contribution in [2.45, 2.75) is 39.7 Å². The van der Waals surface area contributed by atoms with Gasteiger partial charge in [-0.3, -0.25) is 28.8 Å². The minimum atomic E-state index is -0.802. The standard InChI is InChI=1S/C24H31N5O6S/c1-15(2)13-29-22(25)21(23(32)27-24(29)33)28(11-12-34-3)19(30)14-35-20(31)10-6-9-18-26-16-7-4-5-8-17(16)36-18/h4-5,7-8,15H,6,9-14,25H2,1-3H3,(H,27,32,33). The Balaban J connectivity index is 1.64. The molecule has 2 heterocycles. The normalized spacial score (nSPS) is 11.2. The SMILES string of the molecule is COCCN(C(=O)COC(=O)CCCc1nc2ccccc2s1)c1c(N)n(CC(C)C)c(=O)[nH]c1=O. The first-order valence-corrected chi connectivity index (χ1v) is 12.4. The Hall–Kier alpha value is -3.51. The lowest BCUT2D eigenvalue weighted by Crippen LogP contribution is -2.44. The number of fused-ring (bicyclic) bond motifs is 1. The molecule has 0 aliphatic heterocycles. The molecule has 11 nitrogen and oxygen atoms in total. The Kier molecular flexibility index (Phi) is 9.37. The molecule has 0 fully saturated rings. The molecule has 0 aliphatic rings. The van der Waals surface area contributed by atoms with Crippen LogP contribution >= 0.6 is 11.3 Å². The van der Waals surface area contributed by atoms with E-state index in [1.54, 1.807) is 11.3 Å². The van der Waals surface area contributed by atoms with E-state index >= 15 is 0 Å². The van der Waals surface area contributed by atoms with Crippen molar-refractivity contribution in [2.24, 2.45) is 5.92 Å². The summed E-state index contributed by atoms with van der Waals surface area (Å²) in [6.07, 6.45) is 1.25. The van der Waals surface area contributed by atoms with Crippen LogP contribution in [0.25, 0.3) is 10.2 Å². The molecular formula is C24H31N5O6S. The van der Waals surface area contributed by atoms with E-state index in [-0.39, 0.29) is 43.5 Å². The maximum Gasteiger partial charge on any atom is 0.330 e. The Morgan fingerprint density at radius 1 is 1.25 bits per heavy atom. The van der Waals surface area contributed by atoms with Crippen molar-refractivity contribution in [3.8, 4) is 0 Å². The summed E-state index contributed by atoms with van der Waals surface area (Å²) in [7, 11) is 1.45. The van der Waals surface area contributed by atoms with Gasteiger partial charge in [0.15, 0.2) is 12.3 Å². The van der Waals surface area contributed by atoms with E-state index in [9.17, 15) is 19.2 Å². The fourth-order valence-electron chi connectivity index (χ4n) is 3.63. The van der Waals surface area contributed by atoms with E-state index in [0.717, 1.165) is 20.1 Å². The van der Waals surface area contributed by atoms with Crippen LogP contribution in [0.3, 0.4) is 0 Å². The number of carbonyl (C=O) groups excluding carboxylic acids is 2. The molecule has 12 heteroatoms. The van der Waals surface area contributed by atoms with Crippen LogP contribution in [0.15, 0.2) is 33.9 Å². The van der Waals surface area contributed by atoms with Crippen molar-refractivity contribution in [1.29, 1.82) is 0 Å². The highest BCUT2D eigenvalue weighted by molar-refractivity contribution is 7.18. The molecule has 3 aromatic rings. The average molecular weight is 518 g/mol. The molecule has 0 saturated carbocycles. The third-order valence-corrected chi connectivity index (χ3v) is 6.41. The molecule has 0 atom stereocenters. The van der Waals surface area contributed by atoms with Crippen molar-refractivity contribution < 1.29 is 19.1 Å². The van der Waals surface area contributed by atoms with Crippen LogP contribution in [-0.2, 0) is 32.0 Å². The molecule has 0 saturated heterocycles. The number of aromatic amines is 1. The predicted molar refractivity (Wildman–Crippen MR) is 138 cm³/mol. The number of para-hydroxylation sites is 1. The molecule has 1 aromatic carbocycles. The summed E-state index contributed by atoms with van der Waals surface area (Å²) in [5.41, 5.74) is 5.43. The first-order valence-electron chi connectivity index (χ1n) is 11.6. The van der Waals surface area contributed by atoms with E-state index < -0.39 is 29.7 Å². The molecule has 0 bridgehead atoms. The fraction of sp³-hybridized carbons (Fsp3) is 0.458. The van der Waals surface area contributed by atoms with Crippen LogP contribution in [0, 0.1) is 5.92 Å². The number of benzene rings is 1. The quantitative estimate of drug-likeness (QED) is 0.346. The lowest BCUT2D eigenvalue weighted by Gasteiger charge is -2.24. The number of nitrogen functional groups attached to an aromatic ring is 1. The van der Waals surface area contributed by atoms with Gasteiger partial charge in [-0.1, -0.05) is 26.0 Å². The van der Waals surface area contributed by atoms with Gasteiger partial charge < -0.3 is 15.2 Å². The van der Waals surface area contributed by atoms with Crippen molar-refractivity contribution >= 4 is 44.9 Å². The van der Waals surface area contributed by atoms with Crippen LogP contribution in [0.5, 0.6) is 0 Å². The number of esters is 1. The molecule has 2 aromatic heterocycles. The molecule has 194 valence electrons. The van der Waals surface area contributed by atoms with E-state index in [0.29, 0.717) is 12.8 Å². The van der Waals surface area contributed by atoms with Crippen LogP contribution in [0.1, 0.15) is 31.7 Å². The van der Waals surface area contributed by atoms with Gasteiger partial charge >= 0.3 is 11.7 Å². The van der Waals surface area contributed by atoms with E-state index in [1.165, 1.54) is 11.7 Å². The van der Waals surface area contributed by atoms with Gasteiger partial charge in [0.25, 0.3) is 11.5 Å². The summed E-state index contributed by atoms with van der Waals surface area (Å²) in [6, 6.07) is 7.82. The number of hydrogen-bond acceptors (Lipinski definition) is 9. The Morgan fingerprint density at radius 3 is 2.69 bits per heavy atom. The van der Waals surface area contributed by atoms with Gasteiger partial charge in [-0.2, -0.15) is 0 Å². The highest BCUT2D eigenvalue weighted by atomic mass is 32.1. The third kappa shape index (κ3) is 6.79. The molecule has 0 radical (unpaired) electrons. The molecule has 0 spiro atoms. The number of carbonyl (C=O) groups is 2. The largest absolute Gasteiger partial charge is 0.456 e. The number of nitrogens with zero attached hydrogens (tertiary/aromatic N) is 3. The highest BCUT2D eigenvalue weighted by Crippen LogP contribution is 2.23. The topological polar surface area (TPSA) is 150 Å². The second-order valence-electron chi connectivity index (χ2n) is 8.63. The summed E-state index contributed by atoms with van der Waals surface area (Å²) in [4.78, 5) is 57.9. The number of nitrogens with one attached hydrogen (secondary N) is 1. The number of aryl methyl sites for hydroxylation is 1. The second kappa shape index (κ2) is 12.5. The minimum absolute atomic E-state index is 0.0162. The van der Waals surface area contributed by atoms with E-state index in [1.807, 2.05) is 38.1 Å². The number of amides is 1. The Morgan fingerprint density at radius 2 is 2.00 bits per heavy atom. The summed E-state index contributed by atoms with van der Waals surface area (Å²) in [5.74, 6) is -1.26. The number of aromatic nitrogens is 3. The molecule has 3 rings (SSSR count). The van der Waals surface area contributed by atoms with Crippen LogP contribution in [-0.4, -0.2) is 53.3 Å². The van der Waals surface area contributed by atoms with Crippen LogP contribution in [0.2, 0.25) is 0 Å². The van der Waals surface area contributed by atoms with Crippen molar-refractivity contribution in [1.82, 2.24) is 14.5 Å². The first-order chi connectivity index (χ1) is 17.2. The molecule has 1 amide bonds. The fourth-order valence-corrected chi connectivity index (χ4v) is 4.64. The number of rotatable bonds is 12. The van der Waals surface area contributed by atoms with E-state index in [4.69, 9.17) is 15.2 Å². The predicted octanol–water partition coefficient (Wildman–Crippen LogP) is 1.93. The van der Waals surface area contributed by atoms with Crippen LogP contribution in [0.4, 0.5) is 11.5 Å². The minimum Gasteiger partial charge on any atom is -0.456 e. The number of nitrogens with two attached hydrogens (primary N) is 1. The summed E-state index contributed by atoms with van der Waals surface area (Å²) >= 11 is 1.58. The average Bonchev–Trinajstić information content (AvgIpc) is 3.25. The zero-order valence-electron chi connectivity index (χ0n) is 20.6. The molecule has 0 unspecified atom stereocenters. The number of H-pyrrole nitrogens is 1. The summed E-state index contributed by atoms with van der Waals surface area (Å²) < 4.78 is 12.5. The van der Waals surface area contributed by atoms with Gasteiger partial charge in [0.1, 0.15) is 5.82 Å². The molecule has 36 heavy (non-hydrogen) atoms. The van der Waals surface area contributed by atoms with Gasteiger partial charge in [0.2, 0.25) is 0 Å². The maximum absolute atomic E-state index is 13.0. The Bertz CT molecular complexity index is 1300. The molecule has 0 aliphatic carbocycles. The van der Waals surface area contributed by atoms with Gasteiger partial charge in [0, 0.05) is 26.6 Å². The van der Waals surface area contributed by atoms with Crippen LogP contribution < -0.4 is 21.9 Å². The number of thiazole rings is 1. The third-order valence-electron chi connectivity index (χ3n) is 5.32. The van der Waals surface area contributed by atoms with Gasteiger partial charge in [-0.25, -0.2) is 9.78 Å². The first kappa shape index (κ1) is 27.1. The summed E-state index contributed by atoms with van der Waals surface area (Å²) in [5, 5.41) is 0.928. The number of methoxy groups -OCH3 is 1. The van der Waals surface area contributed by atoms with Crippen molar-refractivity contribution in [2.75, 3.05) is 37.5 Å². The van der Waals surface area contributed by atoms with Crippen molar-refractivity contribution in [3.05, 3.63) is 50.1 Å². The van der Waals surface area contributed by atoms with Gasteiger partial charge in [0.05, 0.1) is 21.8 Å². The second-order valence-corrected chi connectivity index (χ2v) is 9.74. The monoisotopic (exact) mass is 517 g/mol.